The number of anilines is 1. The Morgan fingerprint density at radius 1 is 1.40 bits per heavy atom. The second-order valence-electron chi connectivity index (χ2n) is 3.97. The first kappa shape index (κ1) is 15.0. The number of benzene rings is 1. The third-order valence-electron chi connectivity index (χ3n) is 2.50. The molecule has 0 aliphatic heterocycles. The van der Waals surface area contributed by atoms with Crippen molar-refractivity contribution in [1.29, 1.82) is 0 Å². The third-order valence-corrected chi connectivity index (χ3v) is 3.89. The third kappa shape index (κ3) is 4.59. The maximum atomic E-state index is 11.7. The Labute approximate surface area is 129 Å². The lowest BCUT2D eigenvalue weighted by atomic mass is 10.2. The summed E-state index contributed by atoms with van der Waals surface area (Å²) >= 11 is 4.68. The summed E-state index contributed by atoms with van der Waals surface area (Å²) in [6.45, 7) is 0.863. The monoisotopic (exact) mass is 355 g/mol. The van der Waals surface area contributed by atoms with Gasteiger partial charge in [0, 0.05) is 6.54 Å². The zero-order chi connectivity index (χ0) is 14.4. The topological polar surface area (TPSA) is 63.2 Å². The van der Waals surface area contributed by atoms with Crippen LogP contribution in [0.5, 0.6) is 5.75 Å². The molecule has 0 unspecified atom stereocenters. The van der Waals surface area contributed by atoms with Gasteiger partial charge >= 0.3 is 0 Å². The van der Waals surface area contributed by atoms with E-state index < -0.39 is 0 Å². The van der Waals surface area contributed by atoms with Gasteiger partial charge in [-0.1, -0.05) is 23.5 Å². The van der Waals surface area contributed by atoms with E-state index >= 15 is 0 Å². The van der Waals surface area contributed by atoms with Crippen LogP contribution in [0.15, 0.2) is 34.2 Å². The van der Waals surface area contributed by atoms with Crippen LogP contribution in [0.25, 0.3) is 0 Å². The van der Waals surface area contributed by atoms with Gasteiger partial charge in [0.25, 0.3) is 0 Å². The first-order chi connectivity index (χ1) is 9.67. The van der Waals surface area contributed by atoms with Crippen LogP contribution in [-0.2, 0) is 11.3 Å². The molecule has 7 heteroatoms. The van der Waals surface area contributed by atoms with E-state index in [1.807, 2.05) is 24.3 Å². The van der Waals surface area contributed by atoms with Crippen molar-refractivity contribution in [2.24, 2.45) is 0 Å². The SMILES string of the molecule is COc1ccc(CNCC(=O)Nc2ncc(Br)s2)cc1. The second-order valence-corrected chi connectivity index (χ2v) is 6.38. The molecule has 0 atom stereocenters. The fourth-order valence-corrected chi connectivity index (χ4v) is 2.66. The Morgan fingerprint density at radius 3 is 2.75 bits per heavy atom. The molecule has 5 nitrogen and oxygen atoms in total. The summed E-state index contributed by atoms with van der Waals surface area (Å²) in [4.78, 5) is 15.7. The van der Waals surface area contributed by atoms with Crippen LogP contribution in [0.3, 0.4) is 0 Å². The molecule has 20 heavy (non-hydrogen) atoms. The van der Waals surface area contributed by atoms with E-state index in [1.54, 1.807) is 13.3 Å². The Balaban J connectivity index is 1.73. The van der Waals surface area contributed by atoms with Crippen molar-refractivity contribution in [3.63, 3.8) is 0 Å². The highest BCUT2D eigenvalue weighted by molar-refractivity contribution is 9.11. The van der Waals surface area contributed by atoms with E-state index in [1.165, 1.54) is 11.3 Å². The van der Waals surface area contributed by atoms with Crippen LogP contribution >= 0.6 is 27.3 Å². The summed E-state index contributed by atoms with van der Waals surface area (Å²) in [7, 11) is 1.63. The van der Waals surface area contributed by atoms with Crippen molar-refractivity contribution in [3.05, 3.63) is 39.8 Å². The van der Waals surface area contributed by atoms with Gasteiger partial charge in [0.15, 0.2) is 5.13 Å². The van der Waals surface area contributed by atoms with Gasteiger partial charge in [0.1, 0.15) is 5.75 Å². The molecular formula is C13H14BrN3O2S. The van der Waals surface area contributed by atoms with Gasteiger partial charge in [-0.3, -0.25) is 4.79 Å². The van der Waals surface area contributed by atoms with E-state index in [-0.39, 0.29) is 12.5 Å². The summed E-state index contributed by atoms with van der Waals surface area (Å²) in [5, 5.41) is 6.39. The predicted molar refractivity (Wildman–Crippen MR) is 83.1 cm³/mol. The smallest absolute Gasteiger partial charge is 0.240 e. The van der Waals surface area contributed by atoms with Crippen molar-refractivity contribution in [3.8, 4) is 5.75 Å². The van der Waals surface area contributed by atoms with E-state index in [4.69, 9.17) is 4.74 Å². The van der Waals surface area contributed by atoms with Gasteiger partial charge in [-0.15, -0.1) is 0 Å². The largest absolute Gasteiger partial charge is 0.497 e. The summed E-state index contributed by atoms with van der Waals surface area (Å²) in [6, 6.07) is 7.71. The number of nitrogens with one attached hydrogen (secondary N) is 2. The maximum Gasteiger partial charge on any atom is 0.240 e. The van der Waals surface area contributed by atoms with Gasteiger partial charge in [-0.2, -0.15) is 0 Å². The molecule has 0 fully saturated rings. The number of aromatic nitrogens is 1. The quantitative estimate of drug-likeness (QED) is 0.835. The molecule has 0 radical (unpaired) electrons. The van der Waals surface area contributed by atoms with E-state index in [0.29, 0.717) is 11.7 Å². The average molecular weight is 356 g/mol. The molecule has 2 aromatic rings. The first-order valence-electron chi connectivity index (χ1n) is 5.92. The summed E-state index contributed by atoms with van der Waals surface area (Å²) in [6.07, 6.45) is 1.66. The lowest BCUT2D eigenvalue weighted by molar-refractivity contribution is -0.115. The molecule has 1 aromatic heterocycles. The molecule has 0 bridgehead atoms. The highest BCUT2D eigenvalue weighted by Crippen LogP contribution is 2.22. The van der Waals surface area contributed by atoms with Crippen molar-refractivity contribution in [1.82, 2.24) is 10.3 Å². The number of rotatable bonds is 6. The zero-order valence-electron chi connectivity index (χ0n) is 10.9. The molecule has 2 rings (SSSR count). The summed E-state index contributed by atoms with van der Waals surface area (Å²) in [5.41, 5.74) is 1.09. The number of hydrogen-bond donors (Lipinski definition) is 2. The highest BCUT2D eigenvalue weighted by atomic mass is 79.9. The number of carbonyl (C=O) groups excluding carboxylic acids is 1. The summed E-state index contributed by atoms with van der Waals surface area (Å²) < 4.78 is 5.97. The van der Waals surface area contributed by atoms with Crippen LogP contribution in [-0.4, -0.2) is 24.5 Å². The highest BCUT2D eigenvalue weighted by Gasteiger charge is 2.05. The molecule has 1 heterocycles. The summed E-state index contributed by atoms with van der Waals surface area (Å²) in [5.74, 6) is 0.709. The van der Waals surface area contributed by atoms with Gasteiger partial charge in [0.05, 0.1) is 23.6 Å². The fourth-order valence-electron chi connectivity index (χ4n) is 1.54. The van der Waals surface area contributed by atoms with Gasteiger partial charge < -0.3 is 15.4 Å². The minimum Gasteiger partial charge on any atom is -0.497 e. The Kier molecular flexibility index (Phi) is 5.51. The first-order valence-corrected chi connectivity index (χ1v) is 7.53. The lowest BCUT2D eigenvalue weighted by Gasteiger charge is -2.06. The molecule has 0 aliphatic carbocycles. The standard InChI is InChI=1S/C13H14BrN3O2S/c1-19-10-4-2-9(3-5-10)6-15-8-12(18)17-13-16-7-11(14)20-13/h2-5,7,15H,6,8H2,1H3,(H,16,17,18). The van der Waals surface area contributed by atoms with E-state index in [2.05, 4.69) is 31.5 Å². The minimum absolute atomic E-state index is 0.111. The molecule has 0 saturated heterocycles. The lowest BCUT2D eigenvalue weighted by Crippen LogP contribution is -2.27. The van der Waals surface area contributed by atoms with Crippen LogP contribution in [0.1, 0.15) is 5.56 Å². The number of thiazole rings is 1. The average Bonchev–Trinajstić information content (AvgIpc) is 2.85. The van der Waals surface area contributed by atoms with Gasteiger partial charge in [0.2, 0.25) is 5.91 Å². The molecule has 2 N–H and O–H groups in total. The Morgan fingerprint density at radius 2 is 2.15 bits per heavy atom. The van der Waals surface area contributed by atoms with Crippen LogP contribution in [0, 0.1) is 0 Å². The van der Waals surface area contributed by atoms with E-state index in [9.17, 15) is 4.79 Å². The Bertz CT molecular complexity index is 571. The van der Waals surface area contributed by atoms with Gasteiger partial charge in [-0.05, 0) is 33.6 Å². The Hall–Kier alpha value is -1.44. The minimum atomic E-state index is -0.111. The normalized spacial score (nSPS) is 10.3. The second kappa shape index (κ2) is 7.37. The number of halogens is 1. The number of amides is 1. The maximum absolute atomic E-state index is 11.7. The molecule has 0 saturated carbocycles. The molecule has 0 spiro atoms. The number of nitrogens with zero attached hydrogens (tertiary/aromatic N) is 1. The molecule has 1 aromatic carbocycles. The van der Waals surface area contributed by atoms with E-state index in [0.717, 1.165) is 15.1 Å². The molecule has 106 valence electrons. The predicted octanol–water partition coefficient (Wildman–Crippen LogP) is 2.64. The van der Waals surface area contributed by atoms with Crippen LogP contribution in [0.4, 0.5) is 5.13 Å². The number of ether oxygens (including phenoxy) is 1. The number of methoxy groups -OCH3 is 1. The van der Waals surface area contributed by atoms with Crippen LogP contribution in [0.2, 0.25) is 0 Å². The molecule has 0 aliphatic rings. The van der Waals surface area contributed by atoms with Crippen molar-refractivity contribution in [2.45, 2.75) is 6.54 Å². The molecular weight excluding hydrogens is 342 g/mol. The fraction of sp³-hybridized carbons (Fsp3) is 0.231. The van der Waals surface area contributed by atoms with Gasteiger partial charge in [-0.25, -0.2) is 4.98 Å². The van der Waals surface area contributed by atoms with Crippen molar-refractivity contribution >= 4 is 38.3 Å². The van der Waals surface area contributed by atoms with Crippen LogP contribution < -0.4 is 15.4 Å². The van der Waals surface area contributed by atoms with Crippen molar-refractivity contribution in [2.75, 3.05) is 19.0 Å². The number of hydrogen-bond acceptors (Lipinski definition) is 5. The zero-order valence-corrected chi connectivity index (χ0v) is 13.3. The molecule has 1 amide bonds. The van der Waals surface area contributed by atoms with Crippen molar-refractivity contribution < 1.29 is 9.53 Å². The number of carbonyl (C=O) groups is 1.